The third-order valence-electron chi connectivity index (χ3n) is 5.95. The quantitative estimate of drug-likeness (QED) is 0.449. The zero-order valence-electron chi connectivity index (χ0n) is 19.1. The van der Waals surface area contributed by atoms with Gasteiger partial charge in [-0.25, -0.2) is 19.3 Å². The van der Waals surface area contributed by atoms with Crippen molar-refractivity contribution in [3.8, 4) is 17.3 Å². The molecule has 4 heterocycles. The number of nitrogens with zero attached hydrogens (tertiary/aromatic N) is 6. The molecule has 1 aliphatic rings. The highest BCUT2D eigenvalue weighted by Gasteiger charge is 2.27. The van der Waals surface area contributed by atoms with E-state index in [1.807, 2.05) is 25.1 Å². The van der Waals surface area contributed by atoms with Gasteiger partial charge in [0.25, 0.3) is 0 Å². The SMILES string of the molecule is CC(Nc1ncnc(N)c1C#N)c1nc2ccc(F)cc2c(N2CCOCC2)c1-c1ccccn1. The lowest BCUT2D eigenvalue weighted by Gasteiger charge is -2.33. The van der Waals surface area contributed by atoms with Crippen molar-refractivity contribution in [2.75, 3.05) is 42.3 Å². The number of morpholine rings is 1. The van der Waals surface area contributed by atoms with Crippen LogP contribution in [0.15, 0.2) is 48.9 Å². The molecule has 35 heavy (non-hydrogen) atoms. The maximum Gasteiger partial charge on any atom is 0.150 e. The summed E-state index contributed by atoms with van der Waals surface area (Å²) in [5.74, 6) is 0.0707. The van der Waals surface area contributed by atoms with Gasteiger partial charge in [-0.3, -0.25) is 4.98 Å². The molecular formula is C25H23FN8O. The molecule has 5 rings (SSSR count). The first-order chi connectivity index (χ1) is 17.1. The molecule has 9 nitrogen and oxygen atoms in total. The van der Waals surface area contributed by atoms with Crippen molar-refractivity contribution in [1.82, 2.24) is 19.9 Å². The average molecular weight is 471 g/mol. The molecule has 1 aliphatic heterocycles. The first-order valence-corrected chi connectivity index (χ1v) is 11.2. The van der Waals surface area contributed by atoms with Gasteiger partial charge in [0.1, 0.15) is 35.4 Å². The van der Waals surface area contributed by atoms with E-state index >= 15 is 0 Å². The van der Waals surface area contributed by atoms with E-state index in [2.05, 4.69) is 31.2 Å². The van der Waals surface area contributed by atoms with Crippen LogP contribution in [-0.2, 0) is 4.74 Å². The summed E-state index contributed by atoms with van der Waals surface area (Å²) >= 11 is 0. The number of nitrogens with two attached hydrogens (primary N) is 1. The summed E-state index contributed by atoms with van der Waals surface area (Å²) in [5.41, 5.74) is 9.72. The Labute approximate surface area is 201 Å². The Morgan fingerprint density at radius 1 is 1.17 bits per heavy atom. The highest BCUT2D eigenvalue weighted by molar-refractivity contribution is 6.01. The first kappa shape index (κ1) is 22.4. The van der Waals surface area contributed by atoms with Crippen LogP contribution in [0.2, 0.25) is 0 Å². The lowest BCUT2D eigenvalue weighted by atomic mass is 9.97. The molecule has 0 saturated carbocycles. The minimum atomic E-state index is -0.400. The number of nitriles is 1. The maximum absolute atomic E-state index is 14.4. The molecule has 10 heteroatoms. The topological polar surface area (TPSA) is 126 Å². The molecule has 0 radical (unpaired) electrons. The number of ether oxygens (including phenoxy) is 1. The summed E-state index contributed by atoms with van der Waals surface area (Å²) in [4.78, 5) is 19.9. The van der Waals surface area contributed by atoms with Gasteiger partial charge in [-0.15, -0.1) is 0 Å². The van der Waals surface area contributed by atoms with Gasteiger partial charge in [0.2, 0.25) is 0 Å². The second-order valence-corrected chi connectivity index (χ2v) is 8.16. The van der Waals surface area contributed by atoms with E-state index in [9.17, 15) is 9.65 Å². The second kappa shape index (κ2) is 9.48. The fourth-order valence-electron chi connectivity index (χ4n) is 4.32. The van der Waals surface area contributed by atoms with Gasteiger partial charge in [-0.1, -0.05) is 6.07 Å². The first-order valence-electron chi connectivity index (χ1n) is 11.2. The average Bonchev–Trinajstić information content (AvgIpc) is 2.88. The predicted molar refractivity (Wildman–Crippen MR) is 131 cm³/mol. The molecule has 3 aromatic heterocycles. The molecular weight excluding hydrogens is 447 g/mol. The highest BCUT2D eigenvalue weighted by atomic mass is 19.1. The largest absolute Gasteiger partial charge is 0.382 e. The number of fused-ring (bicyclic) bond motifs is 1. The summed E-state index contributed by atoms with van der Waals surface area (Å²) in [7, 11) is 0. The zero-order valence-corrected chi connectivity index (χ0v) is 19.1. The Hall–Kier alpha value is -4.36. The number of hydrogen-bond acceptors (Lipinski definition) is 9. The number of pyridine rings is 2. The molecule has 0 aliphatic carbocycles. The molecule has 1 saturated heterocycles. The monoisotopic (exact) mass is 470 g/mol. The van der Waals surface area contributed by atoms with E-state index in [4.69, 9.17) is 15.5 Å². The maximum atomic E-state index is 14.4. The van der Waals surface area contributed by atoms with Crippen molar-refractivity contribution in [1.29, 1.82) is 5.26 Å². The van der Waals surface area contributed by atoms with Crippen molar-refractivity contribution in [2.24, 2.45) is 0 Å². The molecule has 0 bridgehead atoms. The third kappa shape index (κ3) is 4.29. The minimum Gasteiger partial charge on any atom is -0.382 e. The fourth-order valence-corrected chi connectivity index (χ4v) is 4.32. The van der Waals surface area contributed by atoms with Gasteiger partial charge in [-0.2, -0.15) is 5.26 Å². The van der Waals surface area contributed by atoms with E-state index in [1.54, 1.807) is 12.3 Å². The number of halogens is 1. The van der Waals surface area contributed by atoms with Crippen LogP contribution in [0.25, 0.3) is 22.2 Å². The lowest BCUT2D eigenvalue weighted by Crippen LogP contribution is -2.37. The van der Waals surface area contributed by atoms with Crippen LogP contribution in [0, 0.1) is 17.1 Å². The number of nitrogen functional groups attached to an aromatic ring is 1. The standard InChI is InChI=1S/C25H23FN8O/c1-15(32-25-18(13-27)24(28)30-14-31-25)22-21(20-4-2-3-7-29-20)23(34-8-10-35-11-9-34)17-12-16(26)5-6-19(17)33-22/h2-7,12,14-15H,8-11H2,1H3,(H3,28,30,31,32). The van der Waals surface area contributed by atoms with Crippen molar-refractivity contribution in [3.05, 3.63) is 66.0 Å². The molecule has 1 unspecified atom stereocenters. The van der Waals surface area contributed by atoms with E-state index < -0.39 is 6.04 Å². The molecule has 1 aromatic carbocycles. The Bertz CT molecular complexity index is 1420. The smallest absolute Gasteiger partial charge is 0.150 e. The van der Waals surface area contributed by atoms with Crippen molar-refractivity contribution in [3.63, 3.8) is 0 Å². The molecule has 4 aromatic rings. The number of nitrogens with one attached hydrogen (secondary N) is 1. The number of anilines is 3. The van der Waals surface area contributed by atoms with Crippen molar-refractivity contribution in [2.45, 2.75) is 13.0 Å². The van der Waals surface area contributed by atoms with Crippen molar-refractivity contribution >= 4 is 28.2 Å². The molecule has 176 valence electrons. The van der Waals surface area contributed by atoms with Gasteiger partial charge in [0.05, 0.1) is 41.8 Å². The fraction of sp³-hybridized carbons (Fsp3) is 0.240. The van der Waals surface area contributed by atoms with E-state index in [0.29, 0.717) is 54.4 Å². The van der Waals surface area contributed by atoms with Crippen LogP contribution in [0.1, 0.15) is 24.2 Å². The molecule has 1 fully saturated rings. The predicted octanol–water partition coefficient (Wildman–Crippen LogP) is 3.69. The van der Waals surface area contributed by atoms with E-state index in [0.717, 1.165) is 11.3 Å². The molecule has 0 amide bonds. The Kier molecular flexibility index (Phi) is 6.08. The molecule has 1 atom stereocenters. The number of benzene rings is 1. The second-order valence-electron chi connectivity index (χ2n) is 8.16. The zero-order chi connectivity index (χ0) is 24.4. The van der Waals surface area contributed by atoms with E-state index in [1.165, 1.54) is 18.5 Å². The van der Waals surface area contributed by atoms with Gasteiger partial charge in [0.15, 0.2) is 0 Å². The van der Waals surface area contributed by atoms with Crippen LogP contribution in [0.4, 0.5) is 21.7 Å². The van der Waals surface area contributed by atoms with Crippen LogP contribution < -0.4 is 16.0 Å². The van der Waals surface area contributed by atoms with Crippen LogP contribution in [0.3, 0.4) is 0 Å². The van der Waals surface area contributed by atoms with Crippen LogP contribution in [-0.4, -0.2) is 46.2 Å². The molecule has 0 spiro atoms. The summed E-state index contributed by atoms with van der Waals surface area (Å²) < 4.78 is 20.0. The Balaban J connectivity index is 1.75. The Morgan fingerprint density at radius 2 is 2.00 bits per heavy atom. The number of hydrogen-bond donors (Lipinski definition) is 2. The van der Waals surface area contributed by atoms with Gasteiger partial charge < -0.3 is 20.7 Å². The summed E-state index contributed by atoms with van der Waals surface area (Å²) in [6.45, 7) is 4.35. The minimum absolute atomic E-state index is 0.0955. The van der Waals surface area contributed by atoms with Gasteiger partial charge in [0, 0.05) is 30.2 Å². The van der Waals surface area contributed by atoms with Gasteiger partial charge in [-0.05, 0) is 37.3 Å². The normalized spacial score (nSPS) is 14.5. The highest BCUT2D eigenvalue weighted by Crippen LogP contribution is 2.41. The van der Waals surface area contributed by atoms with Crippen LogP contribution >= 0.6 is 0 Å². The molecule has 3 N–H and O–H groups in total. The number of rotatable bonds is 5. The summed E-state index contributed by atoms with van der Waals surface area (Å²) in [6, 6.07) is 11.9. The Morgan fingerprint density at radius 3 is 2.74 bits per heavy atom. The summed E-state index contributed by atoms with van der Waals surface area (Å²) in [6.07, 6.45) is 3.02. The van der Waals surface area contributed by atoms with Crippen LogP contribution in [0.5, 0.6) is 0 Å². The third-order valence-corrected chi connectivity index (χ3v) is 5.95. The lowest BCUT2D eigenvalue weighted by molar-refractivity contribution is 0.123. The van der Waals surface area contributed by atoms with E-state index in [-0.39, 0.29) is 17.2 Å². The van der Waals surface area contributed by atoms with Gasteiger partial charge >= 0.3 is 0 Å². The van der Waals surface area contributed by atoms with Crippen molar-refractivity contribution < 1.29 is 9.13 Å². The number of aromatic nitrogens is 4. The summed E-state index contributed by atoms with van der Waals surface area (Å²) in [5, 5.41) is 13.5.